The third-order valence-corrected chi connectivity index (χ3v) is 3.30. The molecule has 0 bridgehead atoms. The molecule has 0 aliphatic heterocycles. The Kier molecular flexibility index (Phi) is 8.10. The van der Waals surface area contributed by atoms with Gasteiger partial charge in [-0.3, -0.25) is 0 Å². The Morgan fingerprint density at radius 1 is 1.22 bits per heavy atom. The summed E-state index contributed by atoms with van der Waals surface area (Å²) in [4.78, 5) is 27.6. The molecule has 1 heterocycles. The van der Waals surface area contributed by atoms with Crippen LogP contribution in [0.3, 0.4) is 0 Å². The predicted molar refractivity (Wildman–Crippen MR) is 85.6 cm³/mol. The van der Waals surface area contributed by atoms with E-state index < -0.39 is 17.8 Å². The van der Waals surface area contributed by atoms with Crippen molar-refractivity contribution < 1.29 is 23.5 Å². The number of rotatable bonds is 8. The van der Waals surface area contributed by atoms with Crippen molar-refractivity contribution in [2.75, 3.05) is 24.3 Å². The van der Waals surface area contributed by atoms with E-state index in [9.17, 15) is 14.0 Å². The van der Waals surface area contributed by atoms with Crippen molar-refractivity contribution >= 4 is 29.5 Å². The molecule has 126 valence electrons. The average molecular weight is 342 g/mol. The van der Waals surface area contributed by atoms with Gasteiger partial charge in [-0.15, -0.1) is 11.8 Å². The number of esters is 2. The molecule has 0 amide bonds. The lowest BCUT2D eigenvalue weighted by Crippen LogP contribution is -2.19. The van der Waals surface area contributed by atoms with Crippen LogP contribution < -0.4 is 5.32 Å². The highest BCUT2D eigenvalue weighted by atomic mass is 32.2. The number of pyridine rings is 1. The Bertz CT molecular complexity index is 573. The molecule has 1 rings (SSSR count). The normalized spacial score (nSPS) is 9.91. The summed E-state index contributed by atoms with van der Waals surface area (Å²) in [5.41, 5.74) is -0.287. The van der Waals surface area contributed by atoms with Gasteiger partial charge in [0.25, 0.3) is 0 Å². The van der Waals surface area contributed by atoms with Crippen LogP contribution in [0.2, 0.25) is 0 Å². The zero-order chi connectivity index (χ0) is 17.2. The second-order valence-corrected chi connectivity index (χ2v) is 5.31. The van der Waals surface area contributed by atoms with Gasteiger partial charge in [-0.05, 0) is 31.7 Å². The van der Waals surface area contributed by atoms with E-state index in [1.807, 2.05) is 6.92 Å². The largest absolute Gasteiger partial charge is 0.462 e. The Hall–Kier alpha value is -2.09. The topological polar surface area (TPSA) is 77.5 Å². The van der Waals surface area contributed by atoms with Crippen molar-refractivity contribution in [2.45, 2.75) is 25.8 Å². The van der Waals surface area contributed by atoms with Crippen LogP contribution in [-0.2, 0) is 19.1 Å². The number of aromatic nitrogens is 1. The molecule has 0 saturated carbocycles. The number of carbonyl (C=O) groups excluding carboxylic acids is 2. The zero-order valence-corrected chi connectivity index (χ0v) is 14.0. The molecular weight excluding hydrogens is 323 g/mol. The lowest BCUT2D eigenvalue weighted by Gasteiger charge is -2.08. The van der Waals surface area contributed by atoms with Crippen molar-refractivity contribution in [1.82, 2.24) is 4.98 Å². The molecule has 0 spiro atoms. The molecule has 0 atom stereocenters. The van der Waals surface area contributed by atoms with Crippen molar-refractivity contribution in [1.29, 1.82) is 0 Å². The quantitative estimate of drug-likeness (QED) is 0.256. The summed E-state index contributed by atoms with van der Waals surface area (Å²) in [5.74, 6) is -1.07. The molecule has 0 aliphatic rings. The monoisotopic (exact) mass is 342 g/mol. The first-order valence-electron chi connectivity index (χ1n) is 7.13. The Labute approximate surface area is 138 Å². The van der Waals surface area contributed by atoms with Gasteiger partial charge in [0.1, 0.15) is 10.8 Å². The lowest BCUT2D eigenvalue weighted by molar-refractivity contribution is -0.146. The van der Waals surface area contributed by atoms with Gasteiger partial charge in [0.15, 0.2) is 11.4 Å². The Balaban J connectivity index is 2.97. The Morgan fingerprint density at radius 3 is 2.35 bits per heavy atom. The first kappa shape index (κ1) is 19.0. The SMILES string of the molecule is CCOC(=O)C(=CNc1ccc(F)c(SCC)n1)C(=O)OCC. The number of thioether (sulfide) groups is 1. The zero-order valence-electron chi connectivity index (χ0n) is 13.2. The maximum Gasteiger partial charge on any atom is 0.347 e. The highest BCUT2D eigenvalue weighted by Crippen LogP contribution is 2.21. The fourth-order valence-corrected chi connectivity index (χ4v) is 2.15. The van der Waals surface area contributed by atoms with E-state index in [4.69, 9.17) is 9.47 Å². The minimum Gasteiger partial charge on any atom is -0.462 e. The van der Waals surface area contributed by atoms with E-state index in [2.05, 4.69) is 10.3 Å². The number of nitrogens with zero attached hydrogens (tertiary/aromatic N) is 1. The maximum absolute atomic E-state index is 13.5. The van der Waals surface area contributed by atoms with Crippen molar-refractivity contribution in [3.63, 3.8) is 0 Å². The van der Waals surface area contributed by atoms with E-state index in [1.54, 1.807) is 13.8 Å². The summed E-state index contributed by atoms with van der Waals surface area (Å²) >= 11 is 1.25. The lowest BCUT2D eigenvalue weighted by atomic mass is 10.3. The van der Waals surface area contributed by atoms with Gasteiger partial charge in [0, 0.05) is 6.20 Å². The van der Waals surface area contributed by atoms with Crippen LogP contribution in [0.25, 0.3) is 0 Å². The molecule has 0 saturated heterocycles. The fraction of sp³-hybridized carbons (Fsp3) is 0.400. The van der Waals surface area contributed by atoms with Crippen LogP contribution in [0, 0.1) is 5.82 Å². The first-order chi connectivity index (χ1) is 11.0. The summed E-state index contributed by atoms with van der Waals surface area (Å²) in [7, 11) is 0. The molecule has 0 fully saturated rings. The molecule has 1 aromatic rings. The molecule has 1 aromatic heterocycles. The van der Waals surface area contributed by atoms with Crippen LogP contribution in [-0.4, -0.2) is 35.9 Å². The number of carbonyl (C=O) groups is 2. The summed E-state index contributed by atoms with van der Waals surface area (Å²) in [6.45, 7) is 5.39. The summed E-state index contributed by atoms with van der Waals surface area (Å²) in [6.07, 6.45) is 1.15. The summed E-state index contributed by atoms with van der Waals surface area (Å²) in [5, 5.41) is 2.93. The van der Waals surface area contributed by atoms with Crippen molar-refractivity contribution in [3.8, 4) is 0 Å². The minimum atomic E-state index is -0.802. The molecule has 23 heavy (non-hydrogen) atoms. The predicted octanol–water partition coefficient (Wildman–Crippen LogP) is 2.75. The molecule has 0 unspecified atom stereocenters. The summed E-state index contributed by atoms with van der Waals surface area (Å²) in [6, 6.07) is 2.66. The van der Waals surface area contributed by atoms with Crippen LogP contribution >= 0.6 is 11.8 Å². The van der Waals surface area contributed by atoms with Gasteiger partial charge in [-0.25, -0.2) is 19.0 Å². The van der Waals surface area contributed by atoms with Gasteiger partial charge in [0.2, 0.25) is 0 Å². The third-order valence-electron chi connectivity index (χ3n) is 2.45. The first-order valence-corrected chi connectivity index (χ1v) is 8.12. The Morgan fingerprint density at radius 2 is 1.83 bits per heavy atom. The molecule has 8 heteroatoms. The number of hydrogen-bond donors (Lipinski definition) is 1. The number of hydrogen-bond acceptors (Lipinski definition) is 7. The van der Waals surface area contributed by atoms with Crippen molar-refractivity contribution in [2.24, 2.45) is 0 Å². The van der Waals surface area contributed by atoms with E-state index in [1.165, 1.54) is 23.9 Å². The van der Waals surface area contributed by atoms with E-state index in [0.29, 0.717) is 11.6 Å². The van der Waals surface area contributed by atoms with E-state index in [-0.39, 0.29) is 23.8 Å². The highest BCUT2D eigenvalue weighted by molar-refractivity contribution is 7.99. The average Bonchev–Trinajstić information content (AvgIpc) is 2.51. The van der Waals surface area contributed by atoms with Gasteiger partial charge in [-0.1, -0.05) is 6.92 Å². The van der Waals surface area contributed by atoms with Crippen LogP contribution in [0.1, 0.15) is 20.8 Å². The maximum atomic E-state index is 13.5. The van der Waals surface area contributed by atoms with E-state index in [0.717, 1.165) is 6.20 Å². The summed E-state index contributed by atoms with van der Waals surface area (Å²) < 4.78 is 23.2. The number of halogens is 1. The fourth-order valence-electron chi connectivity index (χ4n) is 1.51. The molecule has 0 aliphatic carbocycles. The van der Waals surface area contributed by atoms with Crippen LogP contribution in [0.15, 0.2) is 28.9 Å². The second kappa shape index (κ2) is 9.83. The second-order valence-electron chi connectivity index (χ2n) is 4.06. The number of ether oxygens (including phenoxy) is 2. The number of anilines is 1. The van der Waals surface area contributed by atoms with Crippen LogP contribution in [0.4, 0.5) is 10.2 Å². The molecular formula is C15H19FN2O4S. The van der Waals surface area contributed by atoms with Gasteiger partial charge < -0.3 is 14.8 Å². The molecule has 0 radical (unpaired) electrons. The van der Waals surface area contributed by atoms with E-state index >= 15 is 0 Å². The molecule has 1 N–H and O–H groups in total. The van der Waals surface area contributed by atoms with Gasteiger partial charge >= 0.3 is 11.9 Å². The smallest absolute Gasteiger partial charge is 0.347 e. The van der Waals surface area contributed by atoms with Gasteiger partial charge in [0.05, 0.1) is 13.2 Å². The van der Waals surface area contributed by atoms with Crippen molar-refractivity contribution in [3.05, 3.63) is 29.7 Å². The number of nitrogens with one attached hydrogen (secondary N) is 1. The molecule has 0 aromatic carbocycles. The highest BCUT2D eigenvalue weighted by Gasteiger charge is 2.21. The molecule has 6 nitrogen and oxygen atoms in total. The standard InChI is InChI=1S/C15H19FN2O4S/c1-4-21-14(19)10(15(20)22-5-2)9-17-12-8-7-11(16)13(18-12)23-6-3/h7-9H,4-6H2,1-3H3,(H,17,18). The van der Waals surface area contributed by atoms with Gasteiger partial charge in [-0.2, -0.15) is 0 Å². The minimum absolute atomic E-state index is 0.127. The van der Waals surface area contributed by atoms with Crippen LogP contribution in [0.5, 0.6) is 0 Å². The third kappa shape index (κ3) is 5.90.